The lowest BCUT2D eigenvalue weighted by atomic mass is 9.71. The van der Waals surface area contributed by atoms with E-state index in [1.54, 1.807) is 14.2 Å². The summed E-state index contributed by atoms with van der Waals surface area (Å²) in [7, 11) is 3.14. The maximum Gasteiger partial charge on any atom is 0.336 e. The van der Waals surface area contributed by atoms with Gasteiger partial charge >= 0.3 is 5.97 Å². The number of rotatable bonds is 7. The zero-order valence-electron chi connectivity index (χ0n) is 19.8. The van der Waals surface area contributed by atoms with Gasteiger partial charge in [0.15, 0.2) is 5.78 Å². The Kier molecular flexibility index (Phi) is 7.99. The van der Waals surface area contributed by atoms with Gasteiger partial charge in [0.25, 0.3) is 0 Å². The standard InChI is InChI=1S/C27H27BrClNO5/c1-15-24(27(32)35-11-10-33-2)25(17-6-9-23(34-3)20(28)12-17)26-21(30-15)13-18(14-22(26)31)16-4-7-19(29)8-5-16/h4-9,12,18,25,30H,10-11,13-14H2,1-3H3. The van der Waals surface area contributed by atoms with Gasteiger partial charge in [-0.15, -0.1) is 0 Å². The van der Waals surface area contributed by atoms with Crippen molar-refractivity contribution < 1.29 is 23.8 Å². The van der Waals surface area contributed by atoms with Crippen molar-refractivity contribution >= 4 is 39.3 Å². The molecule has 0 saturated carbocycles. The molecule has 0 bridgehead atoms. The summed E-state index contributed by atoms with van der Waals surface area (Å²) in [5.74, 6) is -0.326. The van der Waals surface area contributed by atoms with Gasteiger partial charge in [-0.25, -0.2) is 4.79 Å². The number of hydrogen-bond donors (Lipinski definition) is 1. The number of methoxy groups -OCH3 is 2. The van der Waals surface area contributed by atoms with Gasteiger partial charge in [-0.2, -0.15) is 0 Å². The van der Waals surface area contributed by atoms with Gasteiger partial charge in [0.2, 0.25) is 0 Å². The molecule has 0 aromatic heterocycles. The van der Waals surface area contributed by atoms with Gasteiger partial charge in [0.1, 0.15) is 12.4 Å². The van der Waals surface area contributed by atoms with Crippen molar-refractivity contribution in [2.45, 2.75) is 31.6 Å². The van der Waals surface area contributed by atoms with Crippen LogP contribution in [0.5, 0.6) is 5.75 Å². The normalized spacial score (nSPS) is 19.9. The van der Waals surface area contributed by atoms with Gasteiger partial charge in [-0.05, 0) is 70.6 Å². The molecule has 2 unspecified atom stereocenters. The van der Waals surface area contributed by atoms with Crippen molar-refractivity contribution in [2.24, 2.45) is 0 Å². The first-order valence-electron chi connectivity index (χ1n) is 11.3. The molecule has 35 heavy (non-hydrogen) atoms. The number of nitrogens with one attached hydrogen (secondary N) is 1. The van der Waals surface area contributed by atoms with Crippen LogP contribution in [-0.4, -0.2) is 39.2 Å². The second kappa shape index (κ2) is 11.0. The van der Waals surface area contributed by atoms with E-state index in [9.17, 15) is 9.59 Å². The minimum Gasteiger partial charge on any atom is -0.496 e. The Morgan fingerprint density at radius 2 is 1.80 bits per heavy atom. The third kappa shape index (κ3) is 5.32. The summed E-state index contributed by atoms with van der Waals surface area (Å²) >= 11 is 9.61. The molecule has 1 N–H and O–H groups in total. The number of esters is 1. The SMILES string of the molecule is COCCOC(=O)C1=C(C)NC2=C(C(=O)CC(c3ccc(Cl)cc3)C2)C1c1ccc(OC)c(Br)c1. The summed E-state index contributed by atoms with van der Waals surface area (Å²) in [6.45, 7) is 2.27. The molecule has 1 aliphatic carbocycles. The summed E-state index contributed by atoms with van der Waals surface area (Å²) in [5.41, 5.74) is 4.41. The number of dihydropyridines is 1. The molecule has 2 aromatic carbocycles. The van der Waals surface area contributed by atoms with Crippen LogP contribution in [0.2, 0.25) is 5.02 Å². The summed E-state index contributed by atoms with van der Waals surface area (Å²) in [5, 5.41) is 4.02. The lowest BCUT2D eigenvalue weighted by Gasteiger charge is -2.36. The molecule has 184 valence electrons. The number of hydrogen-bond acceptors (Lipinski definition) is 6. The number of Topliss-reactive ketones (excluding diaryl/α,β-unsaturated/α-hetero) is 1. The van der Waals surface area contributed by atoms with Gasteiger partial charge in [0.05, 0.1) is 23.8 Å². The third-order valence-electron chi connectivity index (χ3n) is 6.42. The minimum absolute atomic E-state index is 0.00494. The van der Waals surface area contributed by atoms with E-state index >= 15 is 0 Å². The first-order chi connectivity index (χ1) is 16.8. The number of ketones is 1. The first-order valence-corrected chi connectivity index (χ1v) is 12.5. The minimum atomic E-state index is -0.554. The average molecular weight is 561 g/mol. The molecule has 2 aromatic rings. The van der Waals surface area contributed by atoms with Gasteiger partial charge in [-0.3, -0.25) is 4.79 Å². The molecule has 0 radical (unpaired) electrons. The second-order valence-electron chi connectivity index (χ2n) is 8.59. The average Bonchev–Trinajstić information content (AvgIpc) is 2.83. The van der Waals surface area contributed by atoms with Crippen molar-refractivity contribution in [3.05, 3.63) is 85.6 Å². The molecule has 2 aliphatic rings. The van der Waals surface area contributed by atoms with Crippen LogP contribution in [0.3, 0.4) is 0 Å². The Morgan fingerprint density at radius 1 is 1.09 bits per heavy atom. The molecular weight excluding hydrogens is 534 g/mol. The zero-order chi connectivity index (χ0) is 25.1. The number of carbonyl (C=O) groups excluding carboxylic acids is 2. The Morgan fingerprint density at radius 3 is 2.46 bits per heavy atom. The Balaban J connectivity index is 1.77. The molecule has 0 spiro atoms. The van der Waals surface area contributed by atoms with E-state index in [0.29, 0.717) is 47.1 Å². The van der Waals surface area contributed by atoms with E-state index in [2.05, 4.69) is 21.2 Å². The summed E-state index contributed by atoms with van der Waals surface area (Å²) in [6, 6.07) is 13.2. The number of ether oxygens (including phenoxy) is 3. The molecule has 4 rings (SSSR count). The summed E-state index contributed by atoms with van der Waals surface area (Å²) in [6.07, 6.45) is 1.00. The third-order valence-corrected chi connectivity index (χ3v) is 7.29. The van der Waals surface area contributed by atoms with E-state index < -0.39 is 11.9 Å². The van der Waals surface area contributed by atoms with Crippen LogP contribution in [0, 0.1) is 0 Å². The van der Waals surface area contributed by atoms with Crippen LogP contribution in [0.15, 0.2) is 69.5 Å². The molecule has 1 aliphatic heterocycles. The highest BCUT2D eigenvalue weighted by Gasteiger charge is 2.41. The van der Waals surface area contributed by atoms with Crippen LogP contribution < -0.4 is 10.1 Å². The summed E-state index contributed by atoms with van der Waals surface area (Å²) < 4.78 is 16.6. The van der Waals surface area contributed by atoms with Gasteiger partial charge in [0, 0.05) is 41.4 Å². The number of benzene rings is 2. The monoisotopic (exact) mass is 559 g/mol. The lowest BCUT2D eigenvalue weighted by molar-refractivity contribution is -0.140. The maximum absolute atomic E-state index is 13.7. The largest absolute Gasteiger partial charge is 0.496 e. The van der Waals surface area contributed by atoms with Crippen LogP contribution >= 0.6 is 27.5 Å². The molecule has 2 atom stereocenters. The van der Waals surface area contributed by atoms with Crippen LogP contribution in [-0.2, 0) is 19.1 Å². The fourth-order valence-corrected chi connectivity index (χ4v) is 5.46. The van der Waals surface area contributed by atoms with Crippen molar-refractivity contribution in [1.29, 1.82) is 0 Å². The molecule has 0 amide bonds. The molecule has 6 nitrogen and oxygen atoms in total. The van der Waals surface area contributed by atoms with E-state index in [0.717, 1.165) is 21.3 Å². The van der Waals surface area contributed by atoms with Gasteiger partial charge < -0.3 is 19.5 Å². The maximum atomic E-state index is 13.7. The highest BCUT2D eigenvalue weighted by Crippen LogP contribution is 2.46. The van der Waals surface area contributed by atoms with Crippen molar-refractivity contribution in [3.63, 3.8) is 0 Å². The van der Waals surface area contributed by atoms with Crippen LogP contribution in [0.4, 0.5) is 0 Å². The van der Waals surface area contributed by atoms with E-state index in [1.165, 1.54) is 0 Å². The van der Waals surface area contributed by atoms with Crippen molar-refractivity contribution in [2.75, 3.05) is 27.4 Å². The lowest BCUT2D eigenvalue weighted by Crippen LogP contribution is -2.36. The highest BCUT2D eigenvalue weighted by atomic mass is 79.9. The fourth-order valence-electron chi connectivity index (χ4n) is 4.77. The number of carbonyl (C=O) groups is 2. The number of halogens is 2. The topological polar surface area (TPSA) is 73.9 Å². The predicted molar refractivity (Wildman–Crippen MR) is 138 cm³/mol. The van der Waals surface area contributed by atoms with Crippen LogP contribution in [0.1, 0.15) is 42.7 Å². The molecular formula is C27H27BrClNO5. The predicted octanol–water partition coefficient (Wildman–Crippen LogP) is 5.66. The molecule has 0 fully saturated rings. The van der Waals surface area contributed by atoms with E-state index in [1.807, 2.05) is 49.4 Å². The molecule has 8 heteroatoms. The Hall–Kier alpha value is -2.61. The molecule has 1 heterocycles. The quantitative estimate of drug-likeness (QED) is 0.348. The first kappa shape index (κ1) is 25.5. The number of allylic oxidation sites excluding steroid dienone is 3. The summed E-state index contributed by atoms with van der Waals surface area (Å²) in [4.78, 5) is 26.9. The van der Waals surface area contributed by atoms with E-state index in [4.69, 9.17) is 25.8 Å². The Bertz CT molecular complexity index is 1200. The van der Waals surface area contributed by atoms with Crippen molar-refractivity contribution in [1.82, 2.24) is 5.32 Å². The highest BCUT2D eigenvalue weighted by molar-refractivity contribution is 9.10. The van der Waals surface area contributed by atoms with Crippen LogP contribution in [0.25, 0.3) is 0 Å². The van der Waals surface area contributed by atoms with Crippen molar-refractivity contribution in [3.8, 4) is 5.75 Å². The second-order valence-corrected chi connectivity index (χ2v) is 9.88. The molecule has 0 saturated heterocycles. The van der Waals surface area contributed by atoms with E-state index in [-0.39, 0.29) is 18.3 Å². The Labute approximate surface area is 218 Å². The van der Waals surface area contributed by atoms with Gasteiger partial charge in [-0.1, -0.05) is 29.8 Å². The zero-order valence-corrected chi connectivity index (χ0v) is 22.2. The smallest absolute Gasteiger partial charge is 0.336 e. The fraction of sp³-hybridized carbons (Fsp3) is 0.333.